The monoisotopic (exact) mass is 442 g/mol. The molecule has 3 aromatic carbocycles. The lowest BCUT2D eigenvalue weighted by Crippen LogP contribution is -2.09. The zero-order chi connectivity index (χ0) is 23.4. The van der Waals surface area contributed by atoms with Crippen LogP contribution in [0.1, 0.15) is 23.6 Å². The number of para-hydroxylation sites is 1. The van der Waals surface area contributed by atoms with Crippen molar-refractivity contribution in [3.05, 3.63) is 89.6 Å². The third kappa shape index (κ3) is 4.81. The van der Waals surface area contributed by atoms with E-state index in [0.29, 0.717) is 23.6 Å². The number of aromatic nitrogens is 1. The van der Waals surface area contributed by atoms with Crippen LogP contribution in [0.15, 0.2) is 72.9 Å². The summed E-state index contributed by atoms with van der Waals surface area (Å²) >= 11 is 0. The highest BCUT2D eigenvalue weighted by atomic mass is 16.5. The minimum absolute atomic E-state index is 0.0715. The molecule has 0 amide bonds. The maximum atomic E-state index is 11.6. The van der Waals surface area contributed by atoms with E-state index < -0.39 is 0 Å². The van der Waals surface area contributed by atoms with Gasteiger partial charge >= 0.3 is 5.97 Å². The molecule has 0 fully saturated rings. The zero-order valence-corrected chi connectivity index (χ0v) is 18.7. The second-order valence-corrected chi connectivity index (χ2v) is 7.80. The predicted octanol–water partition coefficient (Wildman–Crippen LogP) is 4.85. The van der Waals surface area contributed by atoms with Crippen molar-refractivity contribution in [1.82, 2.24) is 4.57 Å². The van der Waals surface area contributed by atoms with E-state index in [9.17, 15) is 4.79 Å². The molecule has 2 N–H and O–H groups in total. The summed E-state index contributed by atoms with van der Waals surface area (Å²) in [5, 5.41) is 19.0. The van der Waals surface area contributed by atoms with Gasteiger partial charge in [-0.3, -0.25) is 4.79 Å². The van der Waals surface area contributed by atoms with Crippen molar-refractivity contribution in [3.63, 3.8) is 0 Å². The lowest BCUT2D eigenvalue weighted by molar-refractivity contribution is -0.131. The maximum Gasteiger partial charge on any atom is 0.308 e. The topological polar surface area (TPSA) is 84.5 Å². The normalized spacial score (nSPS) is 10.9. The largest absolute Gasteiger partial charge is 0.491 e. The highest BCUT2D eigenvalue weighted by Gasteiger charge is 2.18. The van der Waals surface area contributed by atoms with E-state index in [1.807, 2.05) is 73.8 Å². The number of aliphatic hydroxyl groups is 1. The molecule has 0 unspecified atom stereocenters. The van der Waals surface area contributed by atoms with E-state index in [0.717, 1.165) is 33.3 Å². The van der Waals surface area contributed by atoms with Crippen molar-refractivity contribution < 1.29 is 19.4 Å². The van der Waals surface area contributed by atoms with E-state index in [1.54, 1.807) is 6.07 Å². The average Bonchev–Trinajstić information content (AvgIpc) is 3.19. The van der Waals surface area contributed by atoms with Gasteiger partial charge in [0.15, 0.2) is 0 Å². The smallest absolute Gasteiger partial charge is 0.308 e. The van der Waals surface area contributed by atoms with Crippen LogP contribution in [0.25, 0.3) is 16.6 Å². The van der Waals surface area contributed by atoms with Crippen molar-refractivity contribution in [3.8, 4) is 17.2 Å². The van der Waals surface area contributed by atoms with Gasteiger partial charge in [-0.2, -0.15) is 0 Å². The van der Waals surface area contributed by atoms with Crippen LogP contribution < -0.4 is 9.47 Å². The van der Waals surface area contributed by atoms with Crippen LogP contribution in [0.4, 0.5) is 0 Å². The fourth-order valence-electron chi connectivity index (χ4n) is 3.93. The molecule has 6 heteroatoms. The fourth-order valence-corrected chi connectivity index (χ4v) is 3.93. The molecule has 1 aromatic heterocycles. The number of aliphatic hydroxyl groups excluding tert-OH is 1. The van der Waals surface area contributed by atoms with Crippen LogP contribution >= 0.6 is 0 Å². The van der Waals surface area contributed by atoms with Gasteiger partial charge in [0.25, 0.3) is 0 Å². The van der Waals surface area contributed by atoms with Gasteiger partial charge in [0.2, 0.25) is 0 Å². The molecule has 1 heterocycles. The molecule has 0 saturated heterocycles. The number of nitrogens with one attached hydrogen (secondary N) is 1. The Hall–Kier alpha value is -3.90. The van der Waals surface area contributed by atoms with Crippen LogP contribution in [-0.4, -0.2) is 34.6 Å². The Morgan fingerprint density at radius 2 is 1.85 bits per heavy atom. The van der Waals surface area contributed by atoms with Crippen molar-refractivity contribution in [2.24, 2.45) is 0 Å². The number of hydrogen-bond acceptors (Lipinski definition) is 5. The van der Waals surface area contributed by atoms with Crippen molar-refractivity contribution in [2.45, 2.75) is 20.3 Å². The quantitative estimate of drug-likeness (QED) is 0.232. The first-order valence-electron chi connectivity index (χ1n) is 10.8. The molecule has 0 aliphatic heterocycles. The molecular formula is C27H26N2O4. The first kappa shape index (κ1) is 22.3. The Morgan fingerprint density at radius 3 is 2.58 bits per heavy atom. The van der Waals surface area contributed by atoms with Gasteiger partial charge in [0, 0.05) is 47.5 Å². The first-order valence-corrected chi connectivity index (χ1v) is 10.8. The van der Waals surface area contributed by atoms with E-state index >= 15 is 0 Å². The number of fused-ring (bicyclic) bond motifs is 1. The second kappa shape index (κ2) is 9.71. The van der Waals surface area contributed by atoms with Crippen LogP contribution in [0.3, 0.4) is 0 Å². The van der Waals surface area contributed by atoms with Gasteiger partial charge in [-0.1, -0.05) is 30.3 Å². The molecule has 0 aliphatic carbocycles. The number of esters is 1. The summed E-state index contributed by atoms with van der Waals surface area (Å²) < 4.78 is 13.1. The highest BCUT2D eigenvalue weighted by molar-refractivity contribution is 6.11. The molecule has 4 aromatic rings. The van der Waals surface area contributed by atoms with Gasteiger partial charge in [0.05, 0.1) is 12.1 Å². The Morgan fingerprint density at radius 1 is 1.06 bits per heavy atom. The Bertz CT molecular complexity index is 1310. The number of aryl methyl sites for hydroxylation is 1. The number of benzene rings is 3. The molecular weight excluding hydrogens is 416 g/mol. The Balaban J connectivity index is 1.79. The minimum atomic E-state index is -0.389. The minimum Gasteiger partial charge on any atom is -0.491 e. The summed E-state index contributed by atoms with van der Waals surface area (Å²) in [6.07, 6.45) is 2.27. The van der Waals surface area contributed by atoms with Crippen LogP contribution in [0.5, 0.6) is 11.5 Å². The maximum absolute atomic E-state index is 11.6. The lowest BCUT2D eigenvalue weighted by Gasteiger charge is -2.12. The number of carbonyl (C=O) groups is 1. The fraction of sp³-hybridized carbons (Fsp3) is 0.185. The molecule has 0 aliphatic rings. The molecule has 0 atom stereocenters. The summed E-state index contributed by atoms with van der Waals surface area (Å²) in [6.45, 7) is 3.45. The third-order valence-electron chi connectivity index (χ3n) is 5.47. The zero-order valence-electron chi connectivity index (χ0n) is 18.7. The van der Waals surface area contributed by atoms with Crippen molar-refractivity contribution in [1.29, 1.82) is 5.41 Å². The Labute approximate surface area is 192 Å². The average molecular weight is 443 g/mol. The standard InChI is InChI=1S/C27H26N2O4/c1-18-7-6-10-27(33-19(2)31)22(18)16-25(28)24-17-29(20-8-4-3-5-9-20)26-12-11-21(15-23(24)26)32-14-13-30/h3-12,15,17,28,30H,13-14,16H2,1-2H3. The van der Waals surface area contributed by atoms with E-state index in [2.05, 4.69) is 4.57 Å². The van der Waals surface area contributed by atoms with Crippen LogP contribution in [-0.2, 0) is 11.2 Å². The van der Waals surface area contributed by atoms with Gasteiger partial charge in [-0.15, -0.1) is 0 Å². The van der Waals surface area contributed by atoms with Crippen LogP contribution in [0.2, 0.25) is 0 Å². The van der Waals surface area contributed by atoms with E-state index in [4.69, 9.17) is 20.0 Å². The third-order valence-corrected chi connectivity index (χ3v) is 5.47. The van der Waals surface area contributed by atoms with Gasteiger partial charge in [-0.25, -0.2) is 0 Å². The van der Waals surface area contributed by atoms with Gasteiger partial charge in [-0.05, 0) is 48.9 Å². The second-order valence-electron chi connectivity index (χ2n) is 7.80. The first-order chi connectivity index (χ1) is 16.0. The summed E-state index contributed by atoms with van der Waals surface area (Å²) in [5.41, 5.74) is 4.87. The van der Waals surface area contributed by atoms with E-state index in [-0.39, 0.29) is 19.2 Å². The SMILES string of the molecule is CC(=O)Oc1cccc(C)c1CC(=N)c1cn(-c2ccccc2)c2ccc(OCCO)cc12. The van der Waals surface area contributed by atoms with Crippen molar-refractivity contribution >= 4 is 22.6 Å². The molecule has 33 heavy (non-hydrogen) atoms. The molecule has 6 nitrogen and oxygen atoms in total. The predicted molar refractivity (Wildman–Crippen MR) is 129 cm³/mol. The summed E-state index contributed by atoms with van der Waals surface area (Å²) in [4.78, 5) is 11.6. The molecule has 168 valence electrons. The van der Waals surface area contributed by atoms with Gasteiger partial charge < -0.3 is 24.6 Å². The van der Waals surface area contributed by atoms with Gasteiger partial charge in [0.1, 0.15) is 18.1 Å². The number of ether oxygens (including phenoxy) is 2. The number of rotatable bonds is 8. The molecule has 0 bridgehead atoms. The van der Waals surface area contributed by atoms with E-state index in [1.165, 1.54) is 6.92 Å². The highest BCUT2D eigenvalue weighted by Crippen LogP contribution is 2.31. The summed E-state index contributed by atoms with van der Waals surface area (Å²) in [7, 11) is 0. The van der Waals surface area contributed by atoms with Crippen molar-refractivity contribution in [2.75, 3.05) is 13.2 Å². The Kier molecular flexibility index (Phi) is 6.56. The summed E-state index contributed by atoms with van der Waals surface area (Å²) in [6, 6.07) is 21.2. The molecule has 4 rings (SSSR count). The number of hydrogen-bond donors (Lipinski definition) is 2. The summed E-state index contributed by atoms with van der Waals surface area (Å²) in [5.74, 6) is 0.721. The molecule has 0 radical (unpaired) electrons. The number of nitrogens with zero attached hydrogens (tertiary/aromatic N) is 1. The van der Waals surface area contributed by atoms with Crippen LogP contribution in [0, 0.1) is 12.3 Å². The lowest BCUT2D eigenvalue weighted by atomic mass is 9.97. The number of carbonyl (C=O) groups excluding carboxylic acids is 1. The molecule has 0 saturated carbocycles. The molecule has 0 spiro atoms.